The highest BCUT2D eigenvalue weighted by molar-refractivity contribution is 7.88. The number of carbonyl (C=O) groups is 1. The Morgan fingerprint density at radius 3 is 2.57 bits per heavy atom. The lowest BCUT2D eigenvalue weighted by Gasteiger charge is -2.32. The summed E-state index contributed by atoms with van der Waals surface area (Å²) in [5.41, 5.74) is 1.90. The minimum Gasteiger partial charge on any atom is -0.493 e. The highest BCUT2D eigenvalue weighted by Gasteiger charge is 2.34. The van der Waals surface area contributed by atoms with Crippen LogP contribution in [-0.2, 0) is 28.0 Å². The van der Waals surface area contributed by atoms with Crippen LogP contribution in [0.5, 0.6) is 11.5 Å². The molecule has 30 heavy (non-hydrogen) atoms. The van der Waals surface area contributed by atoms with Gasteiger partial charge in [0.05, 0.1) is 13.4 Å². The normalized spacial score (nSPS) is 17.3. The Labute approximate surface area is 178 Å². The molecule has 2 aromatic rings. The van der Waals surface area contributed by atoms with E-state index < -0.39 is 16.1 Å². The topological polar surface area (TPSA) is 84.9 Å². The number of ether oxygens (including phenoxy) is 2. The highest BCUT2D eigenvalue weighted by atomic mass is 32.2. The van der Waals surface area contributed by atoms with Crippen molar-refractivity contribution in [1.29, 1.82) is 0 Å². The first-order valence-corrected chi connectivity index (χ1v) is 11.8. The minimum atomic E-state index is -3.41. The van der Waals surface area contributed by atoms with E-state index in [1.54, 1.807) is 7.11 Å². The molecule has 1 fully saturated rings. The van der Waals surface area contributed by atoms with Gasteiger partial charge in [-0.2, -0.15) is 4.31 Å². The fourth-order valence-corrected chi connectivity index (χ4v) is 4.67. The van der Waals surface area contributed by atoms with Crippen molar-refractivity contribution in [3.05, 3.63) is 59.7 Å². The molecule has 3 rings (SSSR count). The number of piperidine rings is 1. The van der Waals surface area contributed by atoms with Crippen molar-refractivity contribution in [2.24, 2.45) is 0 Å². The Morgan fingerprint density at radius 1 is 1.10 bits per heavy atom. The van der Waals surface area contributed by atoms with Crippen molar-refractivity contribution >= 4 is 15.9 Å². The number of rotatable bonds is 8. The summed E-state index contributed by atoms with van der Waals surface area (Å²) in [6.45, 7) is 1.09. The molecule has 0 radical (unpaired) electrons. The van der Waals surface area contributed by atoms with Gasteiger partial charge in [0.1, 0.15) is 12.6 Å². The SMILES string of the molecule is COc1cc(CNC(=O)[C@@H]2CCCCN2S(C)(=O)=O)ccc1OCc1ccccc1. The Morgan fingerprint density at radius 2 is 1.87 bits per heavy atom. The third-order valence-corrected chi connectivity index (χ3v) is 6.40. The van der Waals surface area contributed by atoms with E-state index in [-0.39, 0.29) is 12.5 Å². The van der Waals surface area contributed by atoms with Gasteiger partial charge in [-0.25, -0.2) is 8.42 Å². The van der Waals surface area contributed by atoms with Crippen molar-refractivity contribution < 1.29 is 22.7 Å². The van der Waals surface area contributed by atoms with Gasteiger partial charge in [0, 0.05) is 13.1 Å². The Hall–Kier alpha value is -2.58. The molecule has 0 saturated carbocycles. The predicted molar refractivity (Wildman–Crippen MR) is 115 cm³/mol. The standard InChI is InChI=1S/C22H28N2O5S/c1-28-21-14-18(11-12-20(21)29-16-17-8-4-3-5-9-17)15-23-22(25)19-10-6-7-13-24(19)30(2,26)27/h3-5,8-9,11-12,14,19H,6-7,10,13,15-16H2,1-2H3,(H,23,25)/t19-/m0/s1. The summed E-state index contributed by atoms with van der Waals surface area (Å²) in [4.78, 5) is 12.6. The fraction of sp³-hybridized carbons (Fsp3) is 0.409. The van der Waals surface area contributed by atoms with Gasteiger partial charge >= 0.3 is 0 Å². The summed E-state index contributed by atoms with van der Waals surface area (Å²) in [7, 11) is -1.84. The first kappa shape index (κ1) is 22.1. The summed E-state index contributed by atoms with van der Waals surface area (Å²) in [6.07, 6.45) is 3.30. The average molecular weight is 433 g/mol. The fourth-order valence-electron chi connectivity index (χ4n) is 3.55. The molecule has 1 heterocycles. The van der Waals surface area contributed by atoms with Gasteiger partial charge in [-0.1, -0.05) is 42.8 Å². The molecule has 0 unspecified atom stereocenters. The quantitative estimate of drug-likeness (QED) is 0.693. The van der Waals surface area contributed by atoms with Crippen LogP contribution in [0.3, 0.4) is 0 Å². The molecule has 0 aliphatic carbocycles. The van der Waals surface area contributed by atoms with Crippen LogP contribution in [-0.4, -0.2) is 44.6 Å². The molecule has 1 aliphatic rings. The minimum absolute atomic E-state index is 0.275. The third-order valence-electron chi connectivity index (χ3n) is 5.11. The second-order valence-electron chi connectivity index (χ2n) is 7.36. The largest absolute Gasteiger partial charge is 0.493 e. The number of hydrogen-bond donors (Lipinski definition) is 1. The smallest absolute Gasteiger partial charge is 0.238 e. The lowest BCUT2D eigenvalue weighted by atomic mass is 10.0. The molecule has 1 saturated heterocycles. The van der Waals surface area contributed by atoms with E-state index in [0.29, 0.717) is 31.1 Å². The molecule has 7 nitrogen and oxygen atoms in total. The van der Waals surface area contributed by atoms with Gasteiger partial charge in [-0.15, -0.1) is 0 Å². The van der Waals surface area contributed by atoms with Crippen molar-refractivity contribution in [1.82, 2.24) is 9.62 Å². The van der Waals surface area contributed by atoms with E-state index in [1.165, 1.54) is 4.31 Å². The Kier molecular flexibility index (Phi) is 7.33. The average Bonchev–Trinajstić information content (AvgIpc) is 2.76. The number of hydrogen-bond acceptors (Lipinski definition) is 5. The third kappa shape index (κ3) is 5.73. The summed E-state index contributed by atoms with van der Waals surface area (Å²) < 4.78 is 36.5. The Balaban J connectivity index is 1.61. The zero-order valence-corrected chi connectivity index (χ0v) is 18.2. The molecule has 1 N–H and O–H groups in total. The van der Waals surface area contributed by atoms with Gasteiger partial charge in [-0.05, 0) is 36.1 Å². The van der Waals surface area contributed by atoms with Crippen LogP contribution in [0, 0.1) is 0 Å². The first-order valence-electron chi connectivity index (χ1n) is 9.96. The first-order chi connectivity index (χ1) is 14.4. The zero-order chi connectivity index (χ0) is 21.6. The molecule has 0 aromatic heterocycles. The van der Waals surface area contributed by atoms with Crippen LogP contribution in [0.2, 0.25) is 0 Å². The van der Waals surface area contributed by atoms with E-state index in [4.69, 9.17) is 9.47 Å². The molecular formula is C22H28N2O5S. The number of nitrogens with one attached hydrogen (secondary N) is 1. The van der Waals surface area contributed by atoms with Crippen LogP contribution < -0.4 is 14.8 Å². The van der Waals surface area contributed by atoms with Crippen molar-refractivity contribution in [2.75, 3.05) is 19.9 Å². The number of carbonyl (C=O) groups excluding carboxylic acids is 1. The molecule has 1 atom stereocenters. The van der Waals surface area contributed by atoms with E-state index in [2.05, 4.69) is 5.32 Å². The molecule has 0 bridgehead atoms. The van der Waals surface area contributed by atoms with Crippen molar-refractivity contribution in [3.8, 4) is 11.5 Å². The second-order valence-corrected chi connectivity index (χ2v) is 9.30. The van der Waals surface area contributed by atoms with Gasteiger partial charge in [-0.3, -0.25) is 4.79 Å². The number of nitrogens with zero attached hydrogens (tertiary/aromatic N) is 1. The maximum Gasteiger partial charge on any atom is 0.238 e. The molecular weight excluding hydrogens is 404 g/mol. The number of methoxy groups -OCH3 is 1. The van der Waals surface area contributed by atoms with Gasteiger partial charge in [0.15, 0.2) is 11.5 Å². The van der Waals surface area contributed by atoms with Crippen molar-refractivity contribution in [2.45, 2.75) is 38.5 Å². The van der Waals surface area contributed by atoms with Crippen LogP contribution >= 0.6 is 0 Å². The van der Waals surface area contributed by atoms with Gasteiger partial charge in [0.25, 0.3) is 0 Å². The van der Waals surface area contributed by atoms with Gasteiger partial charge in [0.2, 0.25) is 15.9 Å². The molecule has 162 valence electrons. The lowest BCUT2D eigenvalue weighted by Crippen LogP contribution is -2.51. The summed E-state index contributed by atoms with van der Waals surface area (Å²) in [5, 5.41) is 2.86. The second kappa shape index (κ2) is 9.95. The molecule has 8 heteroatoms. The van der Waals surface area contributed by atoms with Crippen LogP contribution in [0.4, 0.5) is 0 Å². The van der Waals surface area contributed by atoms with Crippen LogP contribution in [0.15, 0.2) is 48.5 Å². The maximum atomic E-state index is 12.6. The van der Waals surface area contributed by atoms with Gasteiger partial charge < -0.3 is 14.8 Å². The highest BCUT2D eigenvalue weighted by Crippen LogP contribution is 2.29. The van der Waals surface area contributed by atoms with E-state index >= 15 is 0 Å². The van der Waals surface area contributed by atoms with E-state index in [1.807, 2.05) is 48.5 Å². The number of benzene rings is 2. The molecule has 2 aromatic carbocycles. The summed E-state index contributed by atoms with van der Waals surface area (Å²) >= 11 is 0. The number of sulfonamides is 1. The zero-order valence-electron chi connectivity index (χ0n) is 17.3. The molecule has 0 spiro atoms. The maximum absolute atomic E-state index is 12.6. The Bertz CT molecular complexity index is 963. The van der Waals surface area contributed by atoms with E-state index in [0.717, 1.165) is 30.2 Å². The summed E-state index contributed by atoms with van der Waals surface area (Å²) in [6, 6.07) is 14.7. The molecule has 1 aliphatic heterocycles. The number of amides is 1. The van der Waals surface area contributed by atoms with Crippen LogP contribution in [0.25, 0.3) is 0 Å². The molecule has 1 amide bonds. The van der Waals surface area contributed by atoms with E-state index in [9.17, 15) is 13.2 Å². The summed E-state index contributed by atoms with van der Waals surface area (Å²) in [5.74, 6) is 0.920. The van der Waals surface area contributed by atoms with Crippen LogP contribution in [0.1, 0.15) is 30.4 Å². The lowest BCUT2D eigenvalue weighted by molar-refractivity contribution is -0.125. The predicted octanol–water partition coefficient (Wildman–Crippen LogP) is 2.70. The monoisotopic (exact) mass is 432 g/mol. The van der Waals surface area contributed by atoms with Crippen molar-refractivity contribution in [3.63, 3.8) is 0 Å².